The zero-order valence-electron chi connectivity index (χ0n) is 8.00. The van der Waals surface area contributed by atoms with Crippen molar-refractivity contribution in [3.63, 3.8) is 0 Å². The van der Waals surface area contributed by atoms with Gasteiger partial charge in [-0.05, 0) is 13.0 Å². The number of nitrogens with one attached hydrogen (secondary N) is 1. The van der Waals surface area contributed by atoms with Crippen LogP contribution < -0.4 is 5.32 Å². The molecular weight excluding hydrogens is 166 g/mol. The molecule has 12 heavy (non-hydrogen) atoms. The van der Waals surface area contributed by atoms with Crippen molar-refractivity contribution >= 4 is 17.2 Å². The van der Waals surface area contributed by atoms with Crippen LogP contribution in [0.2, 0.25) is 0 Å². The minimum Gasteiger partial charge on any atom is -0.357 e. The molecule has 0 spiro atoms. The topological polar surface area (TPSA) is 12.0 Å². The molecule has 0 heterocycles. The molecule has 0 rings (SSSR count). The molecule has 0 aliphatic heterocycles. The summed E-state index contributed by atoms with van der Waals surface area (Å²) < 4.78 is 0. The lowest BCUT2D eigenvalue weighted by Gasteiger charge is -1.90. The number of allylic oxidation sites excluding steroid dienone is 4. The van der Waals surface area contributed by atoms with E-state index in [1.54, 1.807) is 12.3 Å². The van der Waals surface area contributed by atoms with Crippen LogP contribution in [-0.2, 0) is 0 Å². The first-order valence-electron chi connectivity index (χ1n) is 3.98. The van der Waals surface area contributed by atoms with Crippen LogP contribution in [0, 0.1) is 0 Å². The Balaban J connectivity index is 0. The molecule has 0 aliphatic carbocycles. The van der Waals surface area contributed by atoms with Gasteiger partial charge in [0.1, 0.15) is 0 Å². The van der Waals surface area contributed by atoms with Gasteiger partial charge in [-0.25, -0.2) is 0 Å². The molecule has 0 radical (unpaired) electrons. The van der Waals surface area contributed by atoms with Crippen LogP contribution in [0.4, 0.5) is 0 Å². The Labute approximate surface area is 80.9 Å². The zero-order valence-corrected chi connectivity index (χ0v) is 8.82. The predicted molar refractivity (Wildman–Crippen MR) is 61.2 cm³/mol. The van der Waals surface area contributed by atoms with E-state index in [1.165, 1.54) is 0 Å². The maximum Gasteiger partial charge on any atom is 0.0761 e. The van der Waals surface area contributed by atoms with E-state index in [0.717, 1.165) is 4.99 Å². The van der Waals surface area contributed by atoms with Gasteiger partial charge in [0.05, 0.1) is 4.99 Å². The third-order valence-corrected chi connectivity index (χ3v) is 0.859. The molecule has 0 aromatic heterocycles. The number of rotatable bonds is 3. The predicted octanol–water partition coefficient (Wildman–Crippen LogP) is 3.21. The van der Waals surface area contributed by atoms with Crippen LogP contribution in [-0.4, -0.2) is 4.99 Å². The van der Waals surface area contributed by atoms with Crippen molar-refractivity contribution < 1.29 is 0 Å². The Morgan fingerprint density at radius 1 is 1.25 bits per heavy atom. The maximum absolute atomic E-state index is 4.77. The highest BCUT2D eigenvalue weighted by atomic mass is 32.1. The third-order valence-electron chi connectivity index (χ3n) is 0.741. The second-order valence-corrected chi connectivity index (χ2v) is 2.29. The van der Waals surface area contributed by atoms with Crippen LogP contribution >= 0.6 is 12.2 Å². The minimum absolute atomic E-state index is 0.767. The summed E-state index contributed by atoms with van der Waals surface area (Å²) in [5.41, 5.74) is 0. The van der Waals surface area contributed by atoms with Gasteiger partial charge in [-0.2, -0.15) is 0 Å². The Kier molecular flexibility index (Phi) is 14.5. The fourth-order valence-corrected chi connectivity index (χ4v) is 0.432. The summed E-state index contributed by atoms with van der Waals surface area (Å²) in [5.74, 6) is 0. The normalized spacial score (nSPS) is 9.25. The average Bonchev–Trinajstić information content (AvgIpc) is 2.07. The van der Waals surface area contributed by atoms with Crippen LogP contribution in [0.5, 0.6) is 0 Å². The Bertz CT molecular complexity index is 169. The highest BCUT2D eigenvalue weighted by molar-refractivity contribution is 7.80. The Morgan fingerprint density at radius 3 is 2.25 bits per heavy atom. The summed E-state index contributed by atoms with van der Waals surface area (Å²) in [7, 11) is 0. The summed E-state index contributed by atoms with van der Waals surface area (Å²) in [6.07, 6.45) is 9.07. The lowest BCUT2D eigenvalue weighted by molar-refractivity contribution is 1.30. The van der Waals surface area contributed by atoms with E-state index in [0.29, 0.717) is 0 Å². The SMILES string of the molecule is C=C/C=C\C=C\NC(C)=S.CC. The first kappa shape index (κ1) is 13.7. The molecule has 0 bridgehead atoms. The summed E-state index contributed by atoms with van der Waals surface area (Å²) in [6.45, 7) is 9.36. The first-order valence-corrected chi connectivity index (χ1v) is 4.39. The molecule has 0 saturated carbocycles. The first-order chi connectivity index (χ1) is 5.77. The molecule has 2 heteroatoms. The summed E-state index contributed by atoms with van der Waals surface area (Å²) in [6, 6.07) is 0. The van der Waals surface area contributed by atoms with Gasteiger partial charge in [-0.15, -0.1) is 0 Å². The van der Waals surface area contributed by atoms with Crippen LogP contribution in [0.25, 0.3) is 0 Å². The fraction of sp³-hybridized carbons (Fsp3) is 0.300. The maximum atomic E-state index is 4.77. The molecule has 0 amide bonds. The van der Waals surface area contributed by atoms with Gasteiger partial charge >= 0.3 is 0 Å². The van der Waals surface area contributed by atoms with Crippen LogP contribution in [0.15, 0.2) is 37.1 Å². The van der Waals surface area contributed by atoms with Crippen molar-refractivity contribution in [1.82, 2.24) is 5.32 Å². The number of thiocarbonyl (C=S) groups is 1. The van der Waals surface area contributed by atoms with Crippen molar-refractivity contribution in [3.05, 3.63) is 37.1 Å². The minimum atomic E-state index is 0.767. The molecule has 0 aromatic carbocycles. The van der Waals surface area contributed by atoms with Gasteiger partial charge in [0.15, 0.2) is 0 Å². The van der Waals surface area contributed by atoms with E-state index >= 15 is 0 Å². The number of hydrogen-bond donors (Lipinski definition) is 1. The highest BCUT2D eigenvalue weighted by Crippen LogP contribution is 1.75. The van der Waals surface area contributed by atoms with Crippen molar-refractivity contribution in [3.8, 4) is 0 Å². The molecule has 0 aliphatic rings. The molecule has 0 fully saturated rings. The van der Waals surface area contributed by atoms with E-state index in [9.17, 15) is 0 Å². The molecule has 0 atom stereocenters. The molecule has 1 nitrogen and oxygen atoms in total. The number of hydrogen-bond acceptors (Lipinski definition) is 1. The highest BCUT2D eigenvalue weighted by Gasteiger charge is 1.73. The summed E-state index contributed by atoms with van der Waals surface area (Å²) >= 11 is 4.77. The summed E-state index contributed by atoms with van der Waals surface area (Å²) in [5, 5.41) is 2.87. The summed E-state index contributed by atoms with van der Waals surface area (Å²) in [4.78, 5) is 0.767. The van der Waals surface area contributed by atoms with Gasteiger partial charge in [0.25, 0.3) is 0 Å². The Morgan fingerprint density at radius 2 is 1.83 bits per heavy atom. The van der Waals surface area contributed by atoms with Gasteiger partial charge < -0.3 is 5.32 Å². The molecule has 0 unspecified atom stereocenters. The third kappa shape index (κ3) is 16.1. The second-order valence-electron chi connectivity index (χ2n) is 1.68. The molecular formula is C10H17NS. The Hall–Kier alpha value is -0.890. The van der Waals surface area contributed by atoms with E-state index in [1.807, 2.05) is 39.0 Å². The lowest BCUT2D eigenvalue weighted by Crippen LogP contribution is -2.08. The zero-order chi connectivity index (χ0) is 9.82. The second kappa shape index (κ2) is 12.8. The lowest BCUT2D eigenvalue weighted by atomic mass is 10.5. The standard InChI is InChI=1S/C8H11NS.C2H6/c1-3-4-5-6-7-9-8(2)10;1-2/h3-7H,1H2,2H3,(H,9,10);1-2H3/b5-4-,7-6+;. The van der Waals surface area contributed by atoms with Crippen molar-refractivity contribution in [2.75, 3.05) is 0 Å². The van der Waals surface area contributed by atoms with Crippen LogP contribution in [0.3, 0.4) is 0 Å². The largest absolute Gasteiger partial charge is 0.357 e. The van der Waals surface area contributed by atoms with Gasteiger partial charge in [0.2, 0.25) is 0 Å². The van der Waals surface area contributed by atoms with Gasteiger partial charge in [-0.3, -0.25) is 0 Å². The van der Waals surface area contributed by atoms with E-state index in [4.69, 9.17) is 12.2 Å². The van der Waals surface area contributed by atoms with E-state index in [2.05, 4.69) is 11.9 Å². The van der Waals surface area contributed by atoms with Crippen LogP contribution in [0.1, 0.15) is 20.8 Å². The van der Waals surface area contributed by atoms with Crippen molar-refractivity contribution in [2.45, 2.75) is 20.8 Å². The van der Waals surface area contributed by atoms with E-state index < -0.39 is 0 Å². The monoisotopic (exact) mass is 183 g/mol. The van der Waals surface area contributed by atoms with Crippen molar-refractivity contribution in [2.24, 2.45) is 0 Å². The molecule has 0 saturated heterocycles. The average molecular weight is 183 g/mol. The molecule has 0 aromatic rings. The van der Waals surface area contributed by atoms with Gasteiger partial charge in [0, 0.05) is 6.20 Å². The molecule has 68 valence electrons. The van der Waals surface area contributed by atoms with Gasteiger partial charge in [-0.1, -0.05) is 50.9 Å². The quantitative estimate of drug-likeness (QED) is 0.532. The fourth-order valence-electron chi connectivity index (χ4n) is 0.364. The van der Waals surface area contributed by atoms with Crippen molar-refractivity contribution in [1.29, 1.82) is 0 Å². The molecule has 1 N–H and O–H groups in total. The smallest absolute Gasteiger partial charge is 0.0761 e. The van der Waals surface area contributed by atoms with E-state index in [-0.39, 0.29) is 0 Å².